The molecule has 0 aliphatic rings. The number of nitrogens with zero attached hydrogens (tertiary/aromatic N) is 3. The monoisotopic (exact) mass is 424 g/mol. The van der Waals surface area contributed by atoms with Gasteiger partial charge >= 0.3 is 6.18 Å². The topological polar surface area (TPSA) is 67.2 Å². The fourth-order valence-electron chi connectivity index (χ4n) is 2.63. The quantitative estimate of drug-likeness (QED) is 0.651. The van der Waals surface area contributed by atoms with Crippen LogP contribution in [0.5, 0.6) is 0 Å². The zero-order valence-corrected chi connectivity index (χ0v) is 16.5. The molecule has 0 radical (unpaired) electrons. The number of hydrogen-bond donors (Lipinski definition) is 1. The Labute approximate surface area is 166 Å². The highest BCUT2D eigenvalue weighted by Crippen LogP contribution is 2.32. The number of benzene rings is 2. The van der Waals surface area contributed by atoms with E-state index in [0.717, 1.165) is 18.3 Å². The van der Waals surface area contributed by atoms with E-state index in [1.165, 1.54) is 24.3 Å². The third kappa shape index (κ3) is 4.53. The Morgan fingerprint density at radius 2 is 1.69 bits per heavy atom. The number of hydrogen-bond acceptors (Lipinski definition) is 4. The first kappa shape index (κ1) is 20.7. The third-order valence-corrected chi connectivity index (χ3v) is 5.64. The average molecular weight is 424 g/mol. The molecule has 1 N–H and O–H groups in total. The highest BCUT2D eigenvalue weighted by molar-refractivity contribution is 7.92. The molecule has 154 valence electrons. The maximum absolute atomic E-state index is 13.2. The van der Waals surface area contributed by atoms with Gasteiger partial charge in [0.05, 0.1) is 10.6 Å². The van der Waals surface area contributed by atoms with Crippen LogP contribution in [0.4, 0.5) is 18.9 Å². The minimum absolute atomic E-state index is 0.0254. The Balaban J connectivity index is 2.04. The van der Waals surface area contributed by atoms with E-state index < -0.39 is 21.9 Å². The van der Waals surface area contributed by atoms with Crippen LogP contribution in [-0.2, 0) is 16.2 Å². The second-order valence-electron chi connectivity index (χ2n) is 6.29. The van der Waals surface area contributed by atoms with E-state index in [1.807, 2.05) is 18.9 Å². The molecule has 6 nitrogen and oxygen atoms in total. The van der Waals surface area contributed by atoms with Crippen LogP contribution in [0.3, 0.4) is 0 Å². The van der Waals surface area contributed by atoms with Gasteiger partial charge in [0.2, 0.25) is 0 Å². The standard InChI is InChI=1S/C19H19F3N4O2S/c1-3-25(2)15-11-9-14(10-12-15)17-13-18(19(20,21)22)23-26(17)24-29(27,28)16-7-5-4-6-8-16/h4-13,24H,3H2,1-2H3. The molecule has 0 aliphatic heterocycles. The van der Waals surface area contributed by atoms with Gasteiger partial charge in [0.25, 0.3) is 10.0 Å². The first-order valence-electron chi connectivity index (χ1n) is 8.68. The molecular weight excluding hydrogens is 405 g/mol. The van der Waals surface area contributed by atoms with Gasteiger partial charge < -0.3 is 4.90 Å². The van der Waals surface area contributed by atoms with Crippen LogP contribution in [0.25, 0.3) is 11.3 Å². The molecule has 3 rings (SSSR count). The first-order chi connectivity index (χ1) is 13.6. The third-order valence-electron chi connectivity index (χ3n) is 4.34. The lowest BCUT2D eigenvalue weighted by molar-refractivity contribution is -0.141. The fraction of sp³-hybridized carbons (Fsp3) is 0.211. The van der Waals surface area contributed by atoms with Gasteiger partial charge in [-0.1, -0.05) is 30.3 Å². The highest BCUT2D eigenvalue weighted by atomic mass is 32.2. The Bertz CT molecular complexity index is 1080. The Kier molecular flexibility index (Phi) is 5.56. The van der Waals surface area contributed by atoms with Crippen LogP contribution < -0.4 is 9.73 Å². The normalized spacial score (nSPS) is 12.0. The second-order valence-corrected chi connectivity index (χ2v) is 7.95. The number of alkyl halides is 3. The number of nitrogens with one attached hydrogen (secondary N) is 1. The first-order valence-corrected chi connectivity index (χ1v) is 10.2. The van der Waals surface area contributed by atoms with Crippen molar-refractivity contribution in [2.24, 2.45) is 0 Å². The smallest absolute Gasteiger partial charge is 0.375 e. The van der Waals surface area contributed by atoms with Gasteiger partial charge in [0.15, 0.2) is 5.69 Å². The zero-order chi connectivity index (χ0) is 21.2. The molecule has 0 unspecified atom stereocenters. The van der Waals surface area contributed by atoms with Crippen LogP contribution in [-0.4, -0.2) is 31.9 Å². The van der Waals surface area contributed by atoms with E-state index in [1.54, 1.807) is 30.3 Å². The minimum atomic E-state index is -4.72. The molecule has 1 aromatic heterocycles. The Morgan fingerprint density at radius 1 is 1.07 bits per heavy atom. The molecule has 0 atom stereocenters. The molecule has 2 aromatic carbocycles. The summed E-state index contributed by atoms with van der Waals surface area (Å²) < 4.78 is 64.8. The van der Waals surface area contributed by atoms with Crippen molar-refractivity contribution < 1.29 is 21.6 Å². The SMILES string of the molecule is CCN(C)c1ccc(-c2cc(C(F)(F)F)nn2NS(=O)(=O)c2ccccc2)cc1. The van der Waals surface area contributed by atoms with Crippen molar-refractivity contribution in [2.75, 3.05) is 23.3 Å². The lowest BCUT2D eigenvalue weighted by Gasteiger charge is -2.17. The summed E-state index contributed by atoms with van der Waals surface area (Å²) in [7, 11) is -2.24. The van der Waals surface area contributed by atoms with Gasteiger partial charge in [0, 0.05) is 24.8 Å². The van der Waals surface area contributed by atoms with Gasteiger partial charge in [-0.15, -0.1) is 5.10 Å². The lowest BCUT2D eigenvalue weighted by atomic mass is 10.1. The molecule has 0 bridgehead atoms. The van der Waals surface area contributed by atoms with Crippen molar-refractivity contribution in [2.45, 2.75) is 18.0 Å². The van der Waals surface area contributed by atoms with Crippen LogP contribution in [0.2, 0.25) is 0 Å². The number of sulfonamides is 1. The molecule has 0 saturated carbocycles. The highest BCUT2D eigenvalue weighted by Gasteiger charge is 2.35. The molecule has 0 spiro atoms. The van der Waals surface area contributed by atoms with Crippen molar-refractivity contribution in [1.29, 1.82) is 0 Å². The molecule has 1 heterocycles. The van der Waals surface area contributed by atoms with Gasteiger partial charge in [0.1, 0.15) is 0 Å². The Morgan fingerprint density at radius 3 is 2.24 bits per heavy atom. The second kappa shape index (κ2) is 7.78. The number of halogens is 3. The molecule has 0 amide bonds. The number of rotatable bonds is 6. The lowest BCUT2D eigenvalue weighted by Crippen LogP contribution is -2.25. The van der Waals surface area contributed by atoms with Gasteiger partial charge in [-0.05, 0) is 37.3 Å². The summed E-state index contributed by atoms with van der Waals surface area (Å²) in [6, 6.07) is 14.9. The van der Waals surface area contributed by atoms with Crippen LogP contribution in [0.1, 0.15) is 12.6 Å². The predicted octanol–water partition coefficient (Wildman–Crippen LogP) is 3.96. The van der Waals surface area contributed by atoms with Crippen LogP contribution in [0.15, 0.2) is 65.6 Å². The molecular formula is C19H19F3N4O2S. The van der Waals surface area contributed by atoms with E-state index in [2.05, 4.69) is 9.93 Å². The van der Waals surface area contributed by atoms with Crippen molar-refractivity contribution in [3.63, 3.8) is 0 Å². The summed E-state index contributed by atoms with van der Waals surface area (Å²) in [6.45, 7) is 2.73. The molecule has 3 aromatic rings. The Hall–Kier alpha value is -3.01. The van der Waals surface area contributed by atoms with Crippen molar-refractivity contribution in [3.8, 4) is 11.3 Å². The summed E-state index contributed by atoms with van der Waals surface area (Å²) in [4.78, 5) is 4.62. The van der Waals surface area contributed by atoms with Gasteiger partial charge in [-0.2, -0.15) is 31.2 Å². The summed E-state index contributed by atoms with van der Waals surface area (Å²) in [5.41, 5.74) is 0.0424. The maximum atomic E-state index is 13.2. The van der Waals surface area contributed by atoms with Crippen molar-refractivity contribution >= 4 is 15.7 Å². The molecule has 0 saturated heterocycles. The van der Waals surface area contributed by atoms with Gasteiger partial charge in [-0.3, -0.25) is 0 Å². The summed E-state index contributed by atoms with van der Waals surface area (Å²) >= 11 is 0. The number of anilines is 1. The van der Waals surface area contributed by atoms with E-state index in [9.17, 15) is 21.6 Å². The fourth-order valence-corrected chi connectivity index (χ4v) is 3.62. The van der Waals surface area contributed by atoms with E-state index in [0.29, 0.717) is 10.4 Å². The summed E-state index contributed by atoms with van der Waals surface area (Å²) in [5.74, 6) is 0. The van der Waals surface area contributed by atoms with E-state index in [-0.39, 0.29) is 10.6 Å². The number of aromatic nitrogens is 2. The maximum Gasteiger partial charge on any atom is 0.435 e. The van der Waals surface area contributed by atoms with Crippen molar-refractivity contribution in [3.05, 3.63) is 66.4 Å². The van der Waals surface area contributed by atoms with Gasteiger partial charge in [-0.25, -0.2) is 0 Å². The van der Waals surface area contributed by atoms with Crippen LogP contribution >= 0.6 is 0 Å². The van der Waals surface area contributed by atoms with Crippen LogP contribution in [0, 0.1) is 0 Å². The van der Waals surface area contributed by atoms with E-state index in [4.69, 9.17) is 0 Å². The largest absolute Gasteiger partial charge is 0.435 e. The van der Waals surface area contributed by atoms with E-state index >= 15 is 0 Å². The zero-order valence-electron chi connectivity index (χ0n) is 15.7. The molecule has 0 fully saturated rings. The van der Waals surface area contributed by atoms with Crippen molar-refractivity contribution in [1.82, 2.24) is 9.89 Å². The molecule has 0 aliphatic carbocycles. The summed E-state index contributed by atoms with van der Waals surface area (Å²) in [5, 5.41) is 3.43. The summed E-state index contributed by atoms with van der Waals surface area (Å²) in [6.07, 6.45) is -4.72. The minimum Gasteiger partial charge on any atom is -0.375 e. The molecule has 29 heavy (non-hydrogen) atoms. The average Bonchev–Trinajstić information content (AvgIpc) is 3.12. The predicted molar refractivity (Wildman–Crippen MR) is 105 cm³/mol. The molecule has 10 heteroatoms.